The predicted molar refractivity (Wildman–Crippen MR) is 75.5 cm³/mol. The van der Waals surface area contributed by atoms with Gasteiger partial charge in [0.25, 0.3) is 0 Å². The van der Waals surface area contributed by atoms with Crippen molar-refractivity contribution < 1.29 is 9.53 Å². The van der Waals surface area contributed by atoms with E-state index in [1.807, 2.05) is 24.4 Å². The highest BCUT2D eigenvalue weighted by molar-refractivity contribution is 7.13. The summed E-state index contributed by atoms with van der Waals surface area (Å²) in [6, 6.07) is 0. The van der Waals surface area contributed by atoms with Gasteiger partial charge in [-0.05, 0) is 0 Å². The minimum absolute atomic E-state index is 0.0429. The largest absolute Gasteiger partial charge is 0.379 e. The van der Waals surface area contributed by atoms with Crippen molar-refractivity contribution in [2.75, 3.05) is 51.8 Å². The van der Waals surface area contributed by atoms with Gasteiger partial charge in [0.05, 0.1) is 32.0 Å². The van der Waals surface area contributed by atoms with Gasteiger partial charge in [0.1, 0.15) is 0 Å². The number of carbonyl (C=O) groups excluding carboxylic acids is 1. The second-order valence-corrected chi connectivity index (χ2v) is 5.52. The first kappa shape index (κ1) is 14.2. The molecule has 0 atom stereocenters. The Morgan fingerprint density at radius 3 is 2.89 bits per heavy atom. The summed E-state index contributed by atoms with van der Waals surface area (Å²) >= 11 is 1.58. The van der Waals surface area contributed by atoms with Crippen LogP contribution in [-0.4, -0.2) is 62.7 Å². The van der Waals surface area contributed by atoms with Crippen LogP contribution >= 0.6 is 11.3 Å². The Bertz CT molecular complexity index is 416. The number of hydrogen-bond donors (Lipinski definition) is 1. The van der Waals surface area contributed by atoms with Crippen LogP contribution in [-0.2, 0) is 16.1 Å². The third kappa shape index (κ3) is 4.45. The van der Waals surface area contributed by atoms with Crippen molar-refractivity contribution in [2.45, 2.75) is 6.54 Å². The molecular weight excluding hydrogens is 264 g/mol. The number of anilines is 1. The lowest BCUT2D eigenvalue weighted by atomic mass is 10.4. The second-order valence-electron chi connectivity index (χ2n) is 4.68. The number of hydrogen-bond acceptors (Lipinski definition) is 6. The molecule has 1 saturated heterocycles. The van der Waals surface area contributed by atoms with Gasteiger partial charge in [-0.2, -0.15) is 0 Å². The van der Waals surface area contributed by atoms with Gasteiger partial charge in [0.15, 0.2) is 5.13 Å². The highest BCUT2D eigenvalue weighted by Gasteiger charge is 2.14. The molecule has 0 bridgehead atoms. The number of carbonyl (C=O) groups is 1. The third-order valence-corrected chi connectivity index (χ3v) is 3.92. The van der Waals surface area contributed by atoms with Gasteiger partial charge in [-0.3, -0.25) is 9.69 Å². The summed E-state index contributed by atoms with van der Waals surface area (Å²) in [6.07, 6.45) is 0. The summed E-state index contributed by atoms with van der Waals surface area (Å²) < 4.78 is 5.25. The van der Waals surface area contributed by atoms with Gasteiger partial charge in [-0.25, -0.2) is 4.98 Å². The number of nitrogens with zero attached hydrogens (tertiary/aromatic N) is 3. The average molecular weight is 284 g/mol. The van der Waals surface area contributed by atoms with Crippen LogP contribution in [0.2, 0.25) is 0 Å². The first-order valence-corrected chi connectivity index (χ1v) is 7.21. The summed E-state index contributed by atoms with van der Waals surface area (Å²) in [5, 5.41) is 5.84. The maximum atomic E-state index is 11.8. The van der Waals surface area contributed by atoms with Gasteiger partial charge in [-0.15, -0.1) is 11.3 Å². The van der Waals surface area contributed by atoms with Crippen molar-refractivity contribution in [2.24, 2.45) is 0 Å². The van der Waals surface area contributed by atoms with E-state index in [4.69, 9.17) is 4.74 Å². The highest BCUT2D eigenvalue weighted by Crippen LogP contribution is 2.17. The third-order valence-electron chi connectivity index (χ3n) is 2.86. The van der Waals surface area contributed by atoms with E-state index in [-0.39, 0.29) is 5.91 Å². The molecule has 0 aromatic carbocycles. The molecule has 7 heteroatoms. The van der Waals surface area contributed by atoms with Crippen molar-refractivity contribution in [1.29, 1.82) is 0 Å². The van der Waals surface area contributed by atoms with E-state index in [2.05, 4.69) is 15.2 Å². The summed E-state index contributed by atoms with van der Waals surface area (Å²) in [5.41, 5.74) is 0.907. The van der Waals surface area contributed by atoms with E-state index in [1.54, 1.807) is 11.3 Å². The molecule has 0 unspecified atom stereocenters. The van der Waals surface area contributed by atoms with Gasteiger partial charge < -0.3 is 15.0 Å². The fraction of sp³-hybridized carbons (Fsp3) is 0.667. The lowest BCUT2D eigenvalue weighted by Crippen LogP contribution is -2.43. The molecule has 0 radical (unpaired) electrons. The Morgan fingerprint density at radius 1 is 1.53 bits per heavy atom. The van der Waals surface area contributed by atoms with Gasteiger partial charge in [0.2, 0.25) is 5.91 Å². The molecule has 1 fully saturated rings. The van der Waals surface area contributed by atoms with Crippen molar-refractivity contribution in [3.8, 4) is 0 Å². The molecule has 1 N–H and O–H groups in total. The molecule has 0 aliphatic carbocycles. The van der Waals surface area contributed by atoms with Gasteiger partial charge >= 0.3 is 0 Å². The maximum Gasteiger partial charge on any atom is 0.234 e. The minimum atomic E-state index is 0.0429. The van der Waals surface area contributed by atoms with E-state index in [9.17, 15) is 4.79 Å². The van der Waals surface area contributed by atoms with Crippen molar-refractivity contribution in [3.63, 3.8) is 0 Å². The summed E-state index contributed by atoms with van der Waals surface area (Å²) in [5.74, 6) is 0.0429. The maximum absolute atomic E-state index is 11.8. The van der Waals surface area contributed by atoms with E-state index in [0.717, 1.165) is 23.9 Å². The zero-order chi connectivity index (χ0) is 13.7. The summed E-state index contributed by atoms with van der Waals surface area (Å²) in [7, 11) is 3.92. The number of thiazole rings is 1. The van der Waals surface area contributed by atoms with E-state index in [1.165, 1.54) is 0 Å². The topological polar surface area (TPSA) is 57.7 Å². The smallest absolute Gasteiger partial charge is 0.234 e. The predicted octanol–water partition coefficient (Wildman–Crippen LogP) is 0.158. The fourth-order valence-electron chi connectivity index (χ4n) is 1.79. The van der Waals surface area contributed by atoms with Gasteiger partial charge in [-0.1, -0.05) is 0 Å². The Balaban J connectivity index is 1.73. The van der Waals surface area contributed by atoms with Gasteiger partial charge in [0, 0.05) is 32.6 Å². The van der Waals surface area contributed by atoms with Crippen LogP contribution in [0.15, 0.2) is 5.38 Å². The van der Waals surface area contributed by atoms with E-state index in [0.29, 0.717) is 26.3 Å². The average Bonchev–Trinajstić information content (AvgIpc) is 2.86. The molecule has 19 heavy (non-hydrogen) atoms. The molecule has 1 aliphatic heterocycles. The molecule has 1 amide bonds. The second kappa shape index (κ2) is 6.83. The standard InChI is InChI=1S/C12H20N4O2S/c1-15(2)12-14-10(9-19-12)7-13-11(17)8-16-3-5-18-6-4-16/h9H,3-8H2,1-2H3,(H,13,17). The van der Waals surface area contributed by atoms with Crippen LogP contribution in [0.3, 0.4) is 0 Å². The van der Waals surface area contributed by atoms with Crippen molar-refractivity contribution >= 4 is 22.4 Å². The molecular formula is C12H20N4O2S. The van der Waals surface area contributed by atoms with Crippen LogP contribution < -0.4 is 10.2 Å². The number of ether oxygens (including phenoxy) is 1. The van der Waals surface area contributed by atoms with Crippen molar-refractivity contribution in [3.05, 3.63) is 11.1 Å². The normalized spacial score (nSPS) is 16.3. The van der Waals surface area contributed by atoms with Crippen LogP contribution in [0, 0.1) is 0 Å². The summed E-state index contributed by atoms with van der Waals surface area (Å²) in [4.78, 5) is 20.3. The lowest BCUT2D eigenvalue weighted by molar-refractivity contribution is -0.123. The van der Waals surface area contributed by atoms with Crippen LogP contribution in [0.1, 0.15) is 5.69 Å². The van der Waals surface area contributed by atoms with Crippen molar-refractivity contribution in [1.82, 2.24) is 15.2 Å². The quantitative estimate of drug-likeness (QED) is 0.834. The molecule has 1 aromatic rings. The van der Waals surface area contributed by atoms with Crippen LogP contribution in [0.4, 0.5) is 5.13 Å². The van der Waals surface area contributed by atoms with E-state index < -0.39 is 0 Å². The van der Waals surface area contributed by atoms with Crippen LogP contribution in [0.5, 0.6) is 0 Å². The number of amides is 1. The minimum Gasteiger partial charge on any atom is -0.379 e. The fourth-order valence-corrected chi connectivity index (χ4v) is 2.55. The molecule has 0 saturated carbocycles. The lowest BCUT2D eigenvalue weighted by Gasteiger charge is -2.25. The molecule has 2 rings (SSSR count). The number of nitrogens with one attached hydrogen (secondary N) is 1. The molecule has 6 nitrogen and oxygen atoms in total. The number of aromatic nitrogens is 1. The Hall–Kier alpha value is -1.18. The van der Waals surface area contributed by atoms with Crippen LogP contribution in [0.25, 0.3) is 0 Å². The molecule has 2 heterocycles. The first-order valence-electron chi connectivity index (χ1n) is 6.33. The number of rotatable bonds is 5. The molecule has 0 spiro atoms. The van der Waals surface area contributed by atoms with E-state index >= 15 is 0 Å². The Kier molecular flexibility index (Phi) is 5.12. The molecule has 106 valence electrons. The highest BCUT2D eigenvalue weighted by atomic mass is 32.1. The number of morpholine rings is 1. The summed E-state index contributed by atoms with van der Waals surface area (Å²) in [6.45, 7) is 4.02. The zero-order valence-electron chi connectivity index (χ0n) is 11.4. The zero-order valence-corrected chi connectivity index (χ0v) is 12.2. The monoisotopic (exact) mass is 284 g/mol. The first-order chi connectivity index (χ1) is 9.15. The Labute approximate surface area is 117 Å². The SMILES string of the molecule is CN(C)c1nc(CNC(=O)CN2CCOCC2)cs1. The molecule has 1 aromatic heterocycles. The molecule has 1 aliphatic rings. The Morgan fingerprint density at radius 2 is 2.26 bits per heavy atom.